The van der Waals surface area contributed by atoms with Crippen molar-refractivity contribution in [3.8, 4) is 0 Å². The van der Waals surface area contributed by atoms with Crippen molar-refractivity contribution in [3.05, 3.63) is 0 Å². The first-order valence-corrected chi connectivity index (χ1v) is 6.90. The number of carbonyl (C=O) groups excluding carboxylic acids is 1. The molecule has 15 heavy (non-hydrogen) atoms. The van der Waals surface area contributed by atoms with Gasteiger partial charge in [-0.3, -0.25) is 4.79 Å². The third-order valence-corrected chi connectivity index (χ3v) is 4.55. The summed E-state index contributed by atoms with van der Waals surface area (Å²) in [6.45, 7) is 1.08. The van der Waals surface area contributed by atoms with Crippen molar-refractivity contribution in [1.82, 2.24) is 4.90 Å². The number of amides is 1. The van der Waals surface area contributed by atoms with Crippen LogP contribution in [0.4, 0.5) is 0 Å². The monoisotopic (exact) mass is 232 g/mol. The lowest BCUT2D eigenvalue weighted by Gasteiger charge is -2.30. The van der Waals surface area contributed by atoms with Crippen molar-refractivity contribution < 1.29 is 13.2 Å². The maximum absolute atomic E-state index is 11.7. The molecule has 5 nitrogen and oxygen atoms in total. The van der Waals surface area contributed by atoms with E-state index in [0.717, 1.165) is 12.8 Å². The van der Waals surface area contributed by atoms with Crippen molar-refractivity contribution in [2.45, 2.75) is 30.9 Å². The zero-order valence-electron chi connectivity index (χ0n) is 8.55. The Morgan fingerprint density at radius 3 is 2.07 bits per heavy atom. The van der Waals surface area contributed by atoms with E-state index < -0.39 is 15.3 Å². The van der Waals surface area contributed by atoms with Gasteiger partial charge in [0.15, 0.2) is 0 Å². The van der Waals surface area contributed by atoms with Gasteiger partial charge in [0.25, 0.3) is 0 Å². The first kappa shape index (κ1) is 10.9. The van der Waals surface area contributed by atoms with Gasteiger partial charge in [0.2, 0.25) is 15.9 Å². The van der Waals surface area contributed by atoms with Crippen LogP contribution in [0.1, 0.15) is 25.7 Å². The molecule has 2 rings (SSSR count). The van der Waals surface area contributed by atoms with E-state index in [9.17, 15) is 13.2 Å². The number of nitrogens with zero attached hydrogens (tertiary/aromatic N) is 1. The number of likely N-dealkylation sites (tertiary alicyclic amines) is 1. The normalized spacial score (nSPS) is 24.2. The average molecular weight is 232 g/mol. The SMILES string of the molecule is NS(=O)(=O)C1CCN(C(=O)C2CC2)CC1. The highest BCUT2D eigenvalue weighted by atomic mass is 32.2. The quantitative estimate of drug-likeness (QED) is 0.708. The Morgan fingerprint density at radius 2 is 1.67 bits per heavy atom. The number of hydrogen-bond acceptors (Lipinski definition) is 3. The maximum atomic E-state index is 11.7. The number of piperidine rings is 1. The lowest BCUT2D eigenvalue weighted by atomic mass is 10.1. The number of rotatable bonds is 2. The molecule has 0 unspecified atom stereocenters. The first-order chi connectivity index (χ1) is 6.98. The second kappa shape index (κ2) is 3.75. The molecule has 1 aliphatic carbocycles. The van der Waals surface area contributed by atoms with Crippen molar-refractivity contribution >= 4 is 15.9 Å². The molecular weight excluding hydrogens is 216 g/mol. The molecule has 0 atom stereocenters. The van der Waals surface area contributed by atoms with Gasteiger partial charge in [0.05, 0.1) is 5.25 Å². The Kier molecular flexibility index (Phi) is 2.72. The van der Waals surface area contributed by atoms with Gasteiger partial charge in [-0.05, 0) is 25.7 Å². The second-order valence-electron chi connectivity index (χ2n) is 4.39. The van der Waals surface area contributed by atoms with Crippen LogP contribution in [0.15, 0.2) is 0 Å². The topological polar surface area (TPSA) is 80.5 Å². The summed E-state index contributed by atoms with van der Waals surface area (Å²) in [6.07, 6.45) is 2.95. The van der Waals surface area contributed by atoms with Crippen LogP contribution in [0.25, 0.3) is 0 Å². The van der Waals surface area contributed by atoms with Gasteiger partial charge in [-0.25, -0.2) is 13.6 Å². The van der Waals surface area contributed by atoms with Gasteiger partial charge in [-0.1, -0.05) is 0 Å². The number of nitrogens with two attached hydrogens (primary N) is 1. The van der Waals surface area contributed by atoms with E-state index in [0.29, 0.717) is 25.9 Å². The fourth-order valence-corrected chi connectivity index (χ4v) is 2.86. The molecule has 0 aromatic heterocycles. The molecular formula is C9H16N2O3S. The number of carbonyl (C=O) groups is 1. The van der Waals surface area contributed by atoms with E-state index in [4.69, 9.17) is 5.14 Å². The van der Waals surface area contributed by atoms with Gasteiger partial charge in [-0.2, -0.15) is 0 Å². The zero-order valence-corrected chi connectivity index (χ0v) is 9.37. The second-order valence-corrected chi connectivity index (χ2v) is 6.23. The Morgan fingerprint density at radius 1 is 1.13 bits per heavy atom. The van der Waals surface area contributed by atoms with Crippen LogP contribution in [0, 0.1) is 5.92 Å². The van der Waals surface area contributed by atoms with E-state index in [1.54, 1.807) is 4.90 Å². The van der Waals surface area contributed by atoms with Crippen molar-refractivity contribution in [2.24, 2.45) is 11.1 Å². The molecule has 1 saturated heterocycles. The fraction of sp³-hybridized carbons (Fsp3) is 0.889. The molecule has 0 bridgehead atoms. The minimum atomic E-state index is -3.42. The summed E-state index contributed by atoms with van der Waals surface area (Å²) >= 11 is 0. The van der Waals surface area contributed by atoms with Crippen LogP contribution >= 0.6 is 0 Å². The molecule has 6 heteroatoms. The third kappa shape index (κ3) is 2.49. The van der Waals surface area contributed by atoms with Crippen molar-refractivity contribution in [2.75, 3.05) is 13.1 Å². The Bertz CT molecular complexity index is 354. The number of hydrogen-bond donors (Lipinski definition) is 1. The molecule has 2 aliphatic rings. The van der Waals surface area contributed by atoms with Gasteiger partial charge in [0, 0.05) is 19.0 Å². The van der Waals surface area contributed by atoms with Gasteiger partial charge >= 0.3 is 0 Å². The summed E-state index contributed by atoms with van der Waals surface area (Å²) in [7, 11) is -3.42. The molecule has 2 fully saturated rings. The molecule has 1 amide bonds. The lowest BCUT2D eigenvalue weighted by Crippen LogP contribution is -2.44. The predicted molar refractivity (Wildman–Crippen MR) is 55.4 cm³/mol. The molecule has 86 valence electrons. The molecule has 1 saturated carbocycles. The molecule has 1 heterocycles. The van der Waals surface area contributed by atoms with E-state index in [1.807, 2.05) is 0 Å². The predicted octanol–water partition coefficient (Wildman–Crippen LogP) is -0.324. The molecule has 0 aromatic rings. The van der Waals surface area contributed by atoms with E-state index >= 15 is 0 Å². The summed E-state index contributed by atoms with van der Waals surface area (Å²) in [5.74, 6) is 0.416. The standard InChI is InChI=1S/C9H16N2O3S/c10-15(13,14)8-3-5-11(6-4-8)9(12)7-1-2-7/h7-8H,1-6H2,(H2,10,13,14). The molecule has 1 aliphatic heterocycles. The zero-order chi connectivity index (χ0) is 11.1. The van der Waals surface area contributed by atoms with E-state index in [1.165, 1.54) is 0 Å². The van der Waals surface area contributed by atoms with Crippen LogP contribution in [-0.4, -0.2) is 37.6 Å². The van der Waals surface area contributed by atoms with Gasteiger partial charge in [0.1, 0.15) is 0 Å². The minimum Gasteiger partial charge on any atom is -0.342 e. The number of sulfonamides is 1. The van der Waals surface area contributed by atoms with E-state index in [2.05, 4.69) is 0 Å². The van der Waals surface area contributed by atoms with Crippen molar-refractivity contribution in [1.29, 1.82) is 0 Å². The largest absolute Gasteiger partial charge is 0.342 e. The Hall–Kier alpha value is -0.620. The molecule has 2 N–H and O–H groups in total. The Balaban J connectivity index is 1.89. The molecule has 0 aromatic carbocycles. The number of primary sulfonamides is 1. The van der Waals surface area contributed by atoms with Crippen LogP contribution < -0.4 is 5.14 Å². The lowest BCUT2D eigenvalue weighted by molar-refractivity contribution is -0.133. The summed E-state index contributed by atoms with van der Waals surface area (Å²) in [4.78, 5) is 13.4. The maximum Gasteiger partial charge on any atom is 0.225 e. The van der Waals surface area contributed by atoms with Gasteiger partial charge in [-0.15, -0.1) is 0 Å². The highest BCUT2D eigenvalue weighted by Gasteiger charge is 2.36. The molecule has 0 spiro atoms. The van der Waals surface area contributed by atoms with Crippen LogP contribution in [0.5, 0.6) is 0 Å². The van der Waals surface area contributed by atoms with Crippen LogP contribution in [0.3, 0.4) is 0 Å². The van der Waals surface area contributed by atoms with Gasteiger partial charge < -0.3 is 4.90 Å². The summed E-state index contributed by atoms with van der Waals surface area (Å²) < 4.78 is 22.2. The van der Waals surface area contributed by atoms with Crippen LogP contribution in [-0.2, 0) is 14.8 Å². The smallest absolute Gasteiger partial charge is 0.225 e. The highest BCUT2D eigenvalue weighted by Crippen LogP contribution is 2.32. The summed E-state index contributed by atoms with van der Waals surface area (Å²) in [5, 5.41) is 4.62. The van der Waals surface area contributed by atoms with Crippen molar-refractivity contribution in [3.63, 3.8) is 0 Å². The first-order valence-electron chi connectivity index (χ1n) is 5.29. The van der Waals surface area contributed by atoms with E-state index in [-0.39, 0.29) is 11.8 Å². The minimum absolute atomic E-state index is 0.197. The summed E-state index contributed by atoms with van der Waals surface area (Å²) in [6, 6.07) is 0. The highest BCUT2D eigenvalue weighted by molar-refractivity contribution is 7.89. The Labute approximate surface area is 89.7 Å². The van der Waals surface area contributed by atoms with Crippen LogP contribution in [0.2, 0.25) is 0 Å². The summed E-state index contributed by atoms with van der Waals surface area (Å²) in [5.41, 5.74) is 0. The third-order valence-electron chi connectivity index (χ3n) is 3.14. The average Bonchev–Trinajstić information content (AvgIpc) is 2.99. The fourth-order valence-electron chi connectivity index (χ4n) is 1.99. The molecule has 0 radical (unpaired) electrons.